The highest BCUT2D eigenvalue weighted by molar-refractivity contribution is 7.99. The number of aryl methyl sites for hydroxylation is 1. The van der Waals surface area contributed by atoms with Crippen LogP contribution < -0.4 is 4.72 Å². The number of fused-ring (bicyclic) bond motifs is 1. The van der Waals surface area contributed by atoms with Crippen LogP contribution in [0.15, 0.2) is 52.9 Å². The van der Waals surface area contributed by atoms with Crippen LogP contribution in [0.4, 0.5) is 0 Å². The molecule has 3 aromatic rings. The summed E-state index contributed by atoms with van der Waals surface area (Å²) in [5.74, 6) is 0. The fraction of sp³-hybridized carbons (Fsp3) is 0.133. The van der Waals surface area contributed by atoms with E-state index in [-0.39, 0.29) is 0 Å². The minimum Gasteiger partial charge on any atom is -0.253 e. The van der Waals surface area contributed by atoms with E-state index in [4.69, 9.17) is 0 Å². The summed E-state index contributed by atoms with van der Waals surface area (Å²) in [7, 11) is 0. The summed E-state index contributed by atoms with van der Waals surface area (Å²) in [6.07, 6.45) is 0. The lowest BCUT2D eigenvalue weighted by Crippen LogP contribution is -2.04. The average molecular weight is 286 g/mol. The van der Waals surface area contributed by atoms with Gasteiger partial charge < -0.3 is 0 Å². The van der Waals surface area contributed by atoms with Gasteiger partial charge in [-0.2, -0.15) is 0 Å². The largest absolute Gasteiger partial charge is 0.253 e. The van der Waals surface area contributed by atoms with E-state index < -0.39 is 0 Å². The zero-order chi connectivity index (χ0) is 13.1. The molecule has 19 heavy (non-hydrogen) atoms. The number of hydrogen-bond donors (Lipinski definition) is 1. The molecule has 0 aliphatic rings. The van der Waals surface area contributed by atoms with Crippen LogP contribution in [0.5, 0.6) is 0 Å². The van der Waals surface area contributed by atoms with E-state index in [2.05, 4.69) is 59.1 Å². The molecule has 0 saturated heterocycles. The van der Waals surface area contributed by atoms with E-state index in [1.165, 1.54) is 15.8 Å². The molecule has 0 spiro atoms. The minimum absolute atomic E-state index is 0.854. The van der Waals surface area contributed by atoms with Crippen molar-refractivity contribution < 1.29 is 0 Å². The first-order chi connectivity index (χ1) is 9.33. The van der Waals surface area contributed by atoms with Crippen molar-refractivity contribution >= 4 is 33.5 Å². The van der Waals surface area contributed by atoms with Gasteiger partial charge in [0.05, 0.1) is 10.2 Å². The van der Waals surface area contributed by atoms with Gasteiger partial charge in [-0.25, -0.2) is 4.98 Å². The van der Waals surface area contributed by atoms with Crippen molar-refractivity contribution in [3.05, 3.63) is 59.7 Å². The molecule has 0 aliphatic carbocycles. The summed E-state index contributed by atoms with van der Waals surface area (Å²) in [5, 5.41) is 0. The number of hydrogen-bond acceptors (Lipinski definition) is 4. The third kappa shape index (κ3) is 2.97. The lowest BCUT2D eigenvalue weighted by atomic mass is 10.1. The molecular formula is C15H14N2S2. The molecule has 0 saturated carbocycles. The molecule has 3 rings (SSSR count). The van der Waals surface area contributed by atoms with Crippen LogP contribution in [-0.4, -0.2) is 4.98 Å². The summed E-state index contributed by atoms with van der Waals surface area (Å²) in [4.78, 5) is 4.59. The van der Waals surface area contributed by atoms with Gasteiger partial charge in [0, 0.05) is 6.54 Å². The number of nitrogens with zero attached hydrogens (tertiary/aromatic N) is 1. The van der Waals surface area contributed by atoms with Crippen LogP contribution in [-0.2, 0) is 6.54 Å². The molecule has 2 nitrogen and oxygen atoms in total. The van der Waals surface area contributed by atoms with Crippen molar-refractivity contribution in [2.45, 2.75) is 17.8 Å². The van der Waals surface area contributed by atoms with E-state index in [0.29, 0.717) is 0 Å². The Balaban J connectivity index is 1.65. The fourth-order valence-electron chi connectivity index (χ4n) is 1.88. The zero-order valence-electron chi connectivity index (χ0n) is 10.6. The van der Waals surface area contributed by atoms with Crippen molar-refractivity contribution in [1.29, 1.82) is 0 Å². The van der Waals surface area contributed by atoms with Crippen molar-refractivity contribution in [1.82, 2.24) is 9.71 Å². The second kappa shape index (κ2) is 5.74. The molecule has 0 bridgehead atoms. The highest BCUT2D eigenvalue weighted by Gasteiger charge is 2.04. The number of thiazole rings is 1. The summed E-state index contributed by atoms with van der Waals surface area (Å²) in [5.41, 5.74) is 3.73. The van der Waals surface area contributed by atoms with Gasteiger partial charge >= 0.3 is 0 Å². The molecule has 0 amide bonds. The molecule has 2 aromatic carbocycles. The maximum atomic E-state index is 4.59. The van der Waals surface area contributed by atoms with Crippen molar-refractivity contribution in [2.75, 3.05) is 0 Å². The van der Waals surface area contributed by atoms with Crippen LogP contribution in [0, 0.1) is 6.92 Å². The summed E-state index contributed by atoms with van der Waals surface area (Å²) in [6, 6.07) is 16.7. The van der Waals surface area contributed by atoms with Gasteiger partial charge in [0.1, 0.15) is 0 Å². The molecule has 0 radical (unpaired) electrons. The van der Waals surface area contributed by atoms with Crippen LogP contribution in [0.1, 0.15) is 11.1 Å². The highest BCUT2D eigenvalue weighted by atomic mass is 32.2. The quantitative estimate of drug-likeness (QED) is 0.719. The van der Waals surface area contributed by atoms with E-state index in [9.17, 15) is 0 Å². The molecule has 4 heteroatoms. The summed E-state index contributed by atoms with van der Waals surface area (Å²) in [6.45, 7) is 2.99. The van der Waals surface area contributed by atoms with Gasteiger partial charge in [-0.05, 0) is 42.1 Å². The Labute approximate surface area is 121 Å². The van der Waals surface area contributed by atoms with Crippen LogP contribution >= 0.6 is 23.3 Å². The molecule has 1 heterocycles. The molecule has 0 unspecified atom stereocenters. The van der Waals surface area contributed by atoms with Crippen molar-refractivity contribution in [3.8, 4) is 0 Å². The van der Waals surface area contributed by atoms with Gasteiger partial charge in [-0.15, -0.1) is 11.3 Å². The smallest absolute Gasteiger partial charge is 0.166 e. The number of para-hydroxylation sites is 1. The van der Waals surface area contributed by atoms with Gasteiger partial charge in [-0.3, -0.25) is 4.72 Å². The van der Waals surface area contributed by atoms with Crippen LogP contribution in [0.3, 0.4) is 0 Å². The molecule has 0 aliphatic heterocycles. The highest BCUT2D eigenvalue weighted by Crippen LogP contribution is 2.27. The number of benzene rings is 2. The Hall–Kier alpha value is -1.36. The van der Waals surface area contributed by atoms with Gasteiger partial charge in [0.25, 0.3) is 0 Å². The Morgan fingerprint density at radius 3 is 2.74 bits per heavy atom. The Morgan fingerprint density at radius 1 is 1.11 bits per heavy atom. The van der Waals surface area contributed by atoms with E-state index in [1.54, 1.807) is 23.3 Å². The van der Waals surface area contributed by atoms with Crippen molar-refractivity contribution in [2.24, 2.45) is 0 Å². The molecule has 0 atom stereocenters. The van der Waals surface area contributed by atoms with E-state index >= 15 is 0 Å². The first kappa shape index (κ1) is 12.7. The number of aromatic nitrogens is 1. The molecule has 1 N–H and O–H groups in total. The number of nitrogens with one attached hydrogen (secondary N) is 1. The molecule has 96 valence electrons. The summed E-state index contributed by atoms with van der Waals surface area (Å²) >= 11 is 3.33. The predicted octanol–water partition coefficient (Wildman–Crippen LogP) is 4.40. The van der Waals surface area contributed by atoms with Gasteiger partial charge in [0.15, 0.2) is 4.34 Å². The predicted molar refractivity (Wildman–Crippen MR) is 83.5 cm³/mol. The minimum atomic E-state index is 0.854. The standard InChI is InChI=1S/C15H14N2S2/c1-11-6-2-3-7-12(11)10-16-19-15-17-13-8-4-5-9-14(13)18-15/h2-9,16H,10H2,1H3. The SMILES string of the molecule is Cc1ccccc1CNSc1nc2ccccc2s1. The first-order valence-electron chi connectivity index (χ1n) is 6.13. The monoisotopic (exact) mass is 286 g/mol. The molecule has 0 fully saturated rings. The first-order valence-corrected chi connectivity index (χ1v) is 7.76. The van der Waals surface area contributed by atoms with E-state index in [1.807, 2.05) is 6.07 Å². The lowest BCUT2D eigenvalue weighted by Gasteiger charge is -2.05. The normalized spacial score (nSPS) is 11.0. The zero-order valence-corrected chi connectivity index (χ0v) is 12.2. The molecular weight excluding hydrogens is 272 g/mol. The van der Waals surface area contributed by atoms with E-state index in [0.717, 1.165) is 16.4 Å². The third-order valence-corrected chi connectivity index (χ3v) is 4.84. The lowest BCUT2D eigenvalue weighted by molar-refractivity contribution is 0.960. The fourth-order valence-corrected chi connectivity index (χ4v) is 3.68. The van der Waals surface area contributed by atoms with Crippen LogP contribution in [0.2, 0.25) is 0 Å². The van der Waals surface area contributed by atoms with Crippen LogP contribution in [0.25, 0.3) is 10.2 Å². The average Bonchev–Trinajstić information content (AvgIpc) is 2.83. The second-order valence-electron chi connectivity index (χ2n) is 4.30. The third-order valence-electron chi connectivity index (χ3n) is 2.96. The van der Waals surface area contributed by atoms with Gasteiger partial charge in [-0.1, -0.05) is 36.4 Å². The number of rotatable bonds is 4. The van der Waals surface area contributed by atoms with Gasteiger partial charge in [0.2, 0.25) is 0 Å². The van der Waals surface area contributed by atoms with Crippen molar-refractivity contribution in [3.63, 3.8) is 0 Å². The maximum absolute atomic E-state index is 4.59. The Bertz CT molecular complexity index is 658. The molecule has 1 aromatic heterocycles. The Morgan fingerprint density at radius 2 is 1.89 bits per heavy atom. The maximum Gasteiger partial charge on any atom is 0.166 e. The summed E-state index contributed by atoms with van der Waals surface area (Å²) < 4.78 is 5.69. The Kier molecular flexibility index (Phi) is 3.82. The topological polar surface area (TPSA) is 24.9 Å². The second-order valence-corrected chi connectivity index (χ2v) is 6.47.